The molecule has 4 N–H and O–H groups in total. The Kier molecular flexibility index (Phi) is 9.23. The molecule has 1 atom stereocenters. The second-order valence-corrected chi connectivity index (χ2v) is 7.51. The number of carboxylic acids is 1. The van der Waals surface area contributed by atoms with Crippen LogP contribution in [0.5, 0.6) is 0 Å². The van der Waals surface area contributed by atoms with E-state index < -0.39 is 29.4 Å². The predicted molar refractivity (Wildman–Crippen MR) is 115 cm³/mol. The van der Waals surface area contributed by atoms with Crippen LogP contribution >= 0.6 is 0 Å². The Bertz CT molecular complexity index is 934. The van der Waals surface area contributed by atoms with E-state index in [0.29, 0.717) is 7.15 Å². The number of aliphatic carboxylic acids is 1. The fourth-order valence-corrected chi connectivity index (χ4v) is 2.65. The second kappa shape index (κ2) is 11.9. The number of benzene rings is 1. The normalized spacial score (nSPS) is 11.9. The van der Waals surface area contributed by atoms with Gasteiger partial charge < -0.3 is 5.11 Å². The Labute approximate surface area is 185 Å². The molecule has 0 aliphatic rings. The molecule has 0 saturated carbocycles. The molecule has 0 aliphatic heterocycles. The standard InChI is InChI=1S/C20H26BN5O6/c1-20(2,23-12-21-31)19(30)24-15(11-32-10-14-6-4-3-5-7-14)18(29)25-16-8-26(13-22-16)9-17(27)28/h3-8,13,15,23H,9-12H2,1-2H3,(H,24,30)(H,25,29)(H,27,28). The zero-order valence-electron chi connectivity index (χ0n) is 17.9. The van der Waals surface area contributed by atoms with Gasteiger partial charge in [-0.05, 0) is 0 Å². The van der Waals surface area contributed by atoms with Gasteiger partial charge >= 0.3 is 169 Å². The zero-order valence-corrected chi connectivity index (χ0v) is 17.9. The van der Waals surface area contributed by atoms with Gasteiger partial charge in [0.25, 0.3) is 0 Å². The van der Waals surface area contributed by atoms with Crippen LogP contribution in [-0.2, 0) is 37.0 Å². The van der Waals surface area contributed by atoms with E-state index in [1.54, 1.807) is 13.8 Å². The fraction of sp³-hybridized carbons (Fsp3) is 0.400. The average molecular weight is 443 g/mol. The minimum absolute atomic E-state index is 0.0250. The van der Waals surface area contributed by atoms with Gasteiger partial charge in [0.15, 0.2) is 0 Å². The molecule has 0 aliphatic carbocycles. The third-order valence-electron chi connectivity index (χ3n) is 4.42. The number of nitrogens with zero attached hydrogens (tertiary/aromatic N) is 2. The molecule has 1 heterocycles. The van der Waals surface area contributed by atoms with E-state index in [0.717, 1.165) is 5.56 Å². The first-order valence-corrected chi connectivity index (χ1v) is 9.87. The molecule has 170 valence electrons. The minimum atomic E-state index is -1.11. The SMILES string of the molecule is CC(C)(NCB=O)C(=O)NC(COCc1ccccc1)C(=O)Nc1cn(CC(=O)O)cn1. The Balaban J connectivity index is 2.06. The van der Waals surface area contributed by atoms with Crippen molar-refractivity contribution < 1.29 is 28.9 Å². The number of amides is 2. The van der Waals surface area contributed by atoms with Crippen LogP contribution in [0.25, 0.3) is 0 Å². The van der Waals surface area contributed by atoms with E-state index in [1.165, 1.54) is 17.1 Å². The summed E-state index contributed by atoms with van der Waals surface area (Å²) in [5.74, 6) is -2.00. The number of carbonyl (C=O) groups is 3. The molecule has 0 radical (unpaired) electrons. The van der Waals surface area contributed by atoms with Crippen molar-refractivity contribution in [2.24, 2.45) is 0 Å². The molecular formula is C20H26BN5O6. The zero-order chi connectivity index (χ0) is 23.6. The third kappa shape index (κ3) is 8.04. The number of carboxylic acid groups (broad SMARTS) is 1. The van der Waals surface area contributed by atoms with Crippen molar-refractivity contribution in [3.63, 3.8) is 0 Å². The molecule has 1 unspecified atom stereocenters. The van der Waals surface area contributed by atoms with Crippen molar-refractivity contribution in [1.29, 1.82) is 0 Å². The number of imidazole rings is 1. The molecule has 0 spiro atoms. The molecule has 32 heavy (non-hydrogen) atoms. The summed E-state index contributed by atoms with van der Waals surface area (Å²) in [5, 5.41) is 16.8. The summed E-state index contributed by atoms with van der Waals surface area (Å²) in [5.41, 5.74) is -0.208. The van der Waals surface area contributed by atoms with Crippen LogP contribution in [0.1, 0.15) is 19.4 Å². The number of ether oxygens (including phenoxy) is 1. The number of carbonyl (C=O) groups excluding carboxylic acids is 2. The van der Waals surface area contributed by atoms with E-state index in [-0.39, 0.29) is 32.0 Å². The van der Waals surface area contributed by atoms with Gasteiger partial charge in [0.05, 0.1) is 0 Å². The maximum absolute atomic E-state index is 12.8. The molecule has 1 aromatic heterocycles. The predicted octanol–water partition coefficient (Wildman–Crippen LogP) is -0.0168. The molecule has 2 rings (SSSR count). The molecule has 0 saturated heterocycles. The number of anilines is 1. The summed E-state index contributed by atoms with van der Waals surface area (Å²) in [4.78, 5) is 40.3. The summed E-state index contributed by atoms with van der Waals surface area (Å²) in [7, 11) is 0.635. The van der Waals surface area contributed by atoms with E-state index in [9.17, 15) is 19.1 Å². The average Bonchev–Trinajstić information content (AvgIpc) is 3.18. The van der Waals surface area contributed by atoms with Crippen molar-refractivity contribution in [2.75, 3.05) is 18.4 Å². The number of aromatic nitrogens is 2. The van der Waals surface area contributed by atoms with Gasteiger partial charge in [-0.3, -0.25) is 4.79 Å². The molecule has 2 aromatic rings. The Morgan fingerprint density at radius 3 is 2.62 bits per heavy atom. The first-order chi connectivity index (χ1) is 15.2. The van der Waals surface area contributed by atoms with Crippen LogP contribution in [0.4, 0.5) is 5.82 Å². The van der Waals surface area contributed by atoms with E-state index in [1.807, 2.05) is 30.3 Å². The molecule has 11 nitrogen and oxygen atoms in total. The number of hydrogen-bond donors (Lipinski definition) is 4. The number of rotatable bonds is 13. The molecule has 12 heteroatoms. The maximum atomic E-state index is 12.8. The van der Waals surface area contributed by atoms with Crippen LogP contribution in [0.15, 0.2) is 42.9 Å². The van der Waals surface area contributed by atoms with Gasteiger partial charge in [-0.15, -0.1) is 0 Å². The van der Waals surface area contributed by atoms with Crippen LogP contribution in [0.3, 0.4) is 0 Å². The van der Waals surface area contributed by atoms with E-state index in [2.05, 4.69) is 20.9 Å². The Morgan fingerprint density at radius 1 is 1.25 bits per heavy atom. The van der Waals surface area contributed by atoms with Crippen LogP contribution in [0, 0.1) is 0 Å². The molecule has 0 bridgehead atoms. The van der Waals surface area contributed by atoms with Crippen LogP contribution < -0.4 is 16.0 Å². The Hall–Kier alpha value is -3.38. The quantitative estimate of drug-likeness (QED) is 0.316. The van der Waals surface area contributed by atoms with Crippen molar-refractivity contribution in [3.05, 3.63) is 48.4 Å². The molecule has 1 aromatic carbocycles. The van der Waals surface area contributed by atoms with Gasteiger partial charge in [-0.1, -0.05) is 6.07 Å². The van der Waals surface area contributed by atoms with Crippen molar-refractivity contribution in [3.8, 4) is 0 Å². The van der Waals surface area contributed by atoms with Crippen LogP contribution in [0.2, 0.25) is 0 Å². The van der Waals surface area contributed by atoms with Crippen molar-refractivity contribution in [2.45, 2.75) is 38.6 Å². The van der Waals surface area contributed by atoms with Gasteiger partial charge in [0, 0.05) is 0 Å². The molecule has 0 fully saturated rings. The first-order valence-electron chi connectivity index (χ1n) is 9.87. The van der Waals surface area contributed by atoms with Crippen LogP contribution in [-0.4, -0.2) is 64.2 Å². The third-order valence-corrected chi connectivity index (χ3v) is 4.42. The number of hydrogen-bond acceptors (Lipinski definition) is 7. The Morgan fingerprint density at radius 2 is 1.97 bits per heavy atom. The monoisotopic (exact) mass is 443 g/mol. The van der Waals surface area contributed by atoms with Gasteiger partial charge in [-0.2, -0.15) is 0 Å². The topological polar surface area (TPSA) is 152 Å². The fourth-order valence-electron chi connectivity index (χ4n) is 2.65. The van der Waals surface area contributed by atoms with Gasteiger partial charge in [0.2, 0.25) is 0 Å². The summed E-state index contributed by atoms with van der Waals surface area (Å²) in [6.07, 6.45) is 2.61. The second-order valence-electron chi connectivity index (χ2n) is 7.51. The van der Waals surface area contributed by atoms with E-state index in [4.69, 9.17) is 9.84 Å². The molecular weight excluding hydrogens is 417 g/mol. The summed E-state index contributed by atoms with van der Waals surface area (Å²) < 4.78 is 17.6. The van der Waals surface area contributed by atoms with Gasteiger partial charge in [-0.25, -0.2) is 0 Å². The van der Waals surface area contributed by atoms with Gasteiger partial charge in [0.1, 0.15) is 0 Å². The number of nitrogens with one attached hydrogen (secondary N) is 3. The van der Waals surface area contributed by atoms with E-state index >= 15 is 0 Å². The van der Waals surface area contributed by atoms with Crippen molar-refractivity contribution >= 4 is 30.8 Å². The summed E-state index contributed by atoms with van der Waals surface area (Å²) >= 11 is 0. The van der Waals surface area contributed by atoms with Crippen molar-refractivity contribution in [1.82, 2.24) is 20.2 Å². The molecule has 2 amide bonds. The summed E-state index contributed by atoms with van der Waals surface area (Å²) in [6.45, 7) is 2.98. The first kappa shape index (κ1) is 24.9. The summed E-state index contributed by atoms with van der Waals surface area (Å²) in [6, 6.07) is 8.27.